The van der Waals surface area contributed by atoms with Crippen LogP contribution in [0.2, 0.25) is 0 Å². The average molecular weight is 314 g/mol. The minimum atomic E-state index is 0.0261. The summed E-state index contributed by atoms with van der Waals surface area (Å²) in [6, 6.07) is 0.466. The Balaban J connectivity index is 2.55. The number of thioether (sulfide) groups is 1. The molecule has 0 spiro atoms. The van der Waals surface area contributed by atoms with E-state index in [1.807, 2.05) is 11.8 Å². The highest BCUT2D eigenvalue weighted by molar-refractivity contribution is 7.99. The molecule has 1 aliphatic carbocycles. The summed E-state index contributed by atoms with van der Waals surface area (Å²) >= 11 is 1.96. The van der Waals surface area contributed by atoms with Crippen molar-refractivity contribution in [2.45, 2.75) is 50.3 Å². The fourth-order valence-electron chi connectivity index (χ4n) is 2.37. The van der Waals surface area contributed by atoms with Crippen LogP contribution in [0, 0.1) is 0 Å². The molecule has 2 N–H and O–H groups in total. The normalized spacial score (nSPS) is 22.8. The molecule has 0 saturated heterocycles. The highest BCUT2D eigenvalue weighted by Gasteiger charge is 2.22. The summed E-state index contributed by atoms with van der Waals surface area (Å²) in [7, 11) is 3.52. The molecule has 1 saturated carbocycles. The van der Waals surface area contributed by atoms with Crippen LogP contribution in [0.4, 0.5) is 0 Å². The Bertz CT molecular complexity index is 347. The maximum atomic E-state index is 11.7. The molecule has 5 nitrogen and oxygen atoms in total. The van der Waals surface area contributed by atoms with Crippen molar-refractivity contribution >= 4 is 23.6 Å². The van der Waals surface area contributed by atoms with Gasteiger partial charge in [0.15, 0.2) is 5.96 Å². The molecule has 0 aromatic rings. The van der Waals surface area contributed by atoms with Crippen LogP contribution in [0.15, 0.2) is 4.99 Å². The van der Waals surface area contributed by atoms with E-state index < -0.39 is 0 Å². The van der Waals surface area contributed by atoms with Gasteiger partial charge in [0.25, 0.3) is 0 Å². The van der Waals surface area contributed by atoms with E-state index in [-0.39, 0.29) is 12.5 Å². The van der Waals surface area contributed by atoms with Crippen molar-refractivity contribution in [1.82, 2.24) is 15.5 Å². The van der Waals surface area contributed by atoms with Crippen LogP contribution in [-0.4, -0.2) is 61.5 Å². The highest BCUT2D eigenvalue weighted by atomic mass is 32.2. The minimum absolute atomic E-state index is 0.0261. The maximum absolute atomic E-state index is 11.7. The molecule has 1 aliphatic rings. The zero-order chi connectivity index (χ0) is 15.7. The summed E-state index contributed by atoms with van der Waals surface area (Å²) < 4.78 is 0. The van der Waals surface area contributed by atoms with Crippen LogP contribution in [0.25, 0.3) is 0 Å². The molecule has 0 aromatic heterocycles. The first-order valence-electron chi connectivity index (χ1n) is 7.84. The lowest BCUT2D eigenvalue weighted by atomic mass is 9.95. The molecule has 2 unspecified atom stereocenters. The molecule has 1 fully saturated rings. The topological polar surface area (TPSA) is 56.7 Å². The molecular formula is C15H30N4OS. The van der Waals surface area contributed by atoms with Crippen LogP contribution in [0.3, 0.4) is 0 Å². The third-order valence-electron chi connectivity index (χ3n) is 3.71. The van der Waals surface area contributed by atoms with E-state index in [0.717, 1.165) is 24.2 Å². The van der Waals surface area contributed by atoms with Crippen molar-refractivity contribution in [1.29, 1.82) is 0 Å². The van der Waals surface area contributed by atoms with E-state index >= 15 is 0 Å². The molecule has 0 aromatic carbocycles. The second-order valence-electron chi connectivity index (χ2n) is 5.75. The number of aliphatic imine (C=N–C) groups is 1. The molecule has 0 aliphatic heterocycles. The molecule has 21 heavy (non-hydrogen) atoms. The van der Waals surface area contributed by atoms with Gasteiger partial charge in [-0.15, -0.1) is 0 Å². The predicted molar refractivity (Wildman–Crippen MR) is 92.0 cm³/mol. The minimum Gasteiger partial charge on any atom is -0.356 e. The Morgan fingerprint density at radius 2 is 2.14 bits per heavy atom. The molecule has 0 heterocycles. The lowest BCUT2D eigenvalue weighted by Crippen LogP contribution is -2.46. The average Bonchev–Trinajstić information content (AvgIpc) is 2.49. The van der Waals surface area contributed by atoms with Crippen molar-refractivity contribution in [2.24, 2.45) is 4.99 Å². The molecule has 1 rings (SSSR count). The van der Waals surface area contributed by atoms with Gasteiger partial charge in [-0.3, -0.25) is 4.79 Å². The quantitative estimate of drug-likeness (QED) is 0.579. The van der Waals surface area contributed by atoms with Crippen molar-refractivity contribution < 1.29 is 4.79 Å². The predicted octanol–water partition coefficient (Wildman–Crippen LogP) is 1.69. The van der Waals surface area contributed by atoms with Gasteiger partial charge in [0.1, 0.15) is 6.54 Å². The Morgan fingerprint density at radius 3 is 2.76 bits per heavy atom. The van der Waals surface area contributed by atoms with Crippen molar-refractivity contribution in [2.75, 3.05) is 33.4 Å². The van der Waals surface area contributed by atoms with E-state index in [2.05, 4.69) is 28.8 Å². The number of likely N-dealkylation sites (N-methyl/N-ethyl adjacent to an activating group) is 1. The molecule has 122 valence electrons. The smallest absolute Gasteiger partial charge is 0.243 e. The van der Waals surface area contributed by atoms with Gasteiger partial charge in [-0.1, -0.05) is 13.3 Å². The van der Waals surface area contributed by atoms with Gasteiger partial charge in [-0.2, -0.15) is 11.8 Å². The third kappa shape index (κ3) is 7.07. The summed E-state index contributed by atoms with van der Waals surface area (Å²) in [4.78, 5) is 17.7. The van der Waals surface area contributed by atoms with Gasteiger partial charge in [0.05, 0.1) is 0 Å². The number of rotatable bonds is 6. The van der Waals surface area contributed by atoms with E-state index in [0.29, 0.717) is 6.04 Å². The van der Waals surface area contributed by atoms with Crippen LogP contribution >= 0.6 is 11.8 Å². The van der Waals surface area contributed by atoms with Gasteiger partial charge in [0.2, 0.25) is 5.91 Å². The number of hydrogen-bond donors (Lipinski definition) is 2. The van der Waals surface area contributed by atoms with E-state index in [4.69, 9.17) is 0 Å². The second-order valence-corrected chi connectivity index (χ2v) is 6.88. The Morgan fingerprint density at radius 1 is 1.38 bits per heavy atom. The maximum Gasteiger partial charge on any atom is 0.243 e. The van der Waals surface area contributed by atoms with Gasteiger partial charge in [0, 0.05) is 31.9 Å². The monoisotopic (exact) mass is 314 g/mol. The number of nitrogens with one attached hydrogen (secondary N) is 2. The first-order chi connectivity index (χ1) is 10.1. The first-order valence-corrected chi connectivity index (χ1v) is 9.13. The van der Waals surface area contributed by atoms with Crippen LogP contribution in [-0.2, 0) is 4.79 Å². The zero-order valence-electron chi connectivity index (χ0n) is 13.8. The molecule has 0 radical (unpaired) electrons. The molecule has 1 amide bonds. The second kappa shape index (κ2) is 9.92. The van der Waals surface area contributed by atoms with Gasteiger partial charge >= 0.3 is 0 Å². The molecular weight excluding hydrogens is 284 g/mol. The Kier molecular flexibility index (Phi) is 8.57. The van der Waals surface area contributed by atoms with Crippen molar-refractivity contribution in [3.63, 3.8) is 0 Å². The number of nitrogens with zero attached hydrogens (tertiary/aromatic N) is 2. The van der Waals surface area contributed by atoms with Crippen LogP contribution in [0.1, 0.15) is 39.0 Å². The van der Waals surface area contributed by atoms with Crippen LogP contribution < -0.4 is 10.6 Å². The van der Waals surface area contributed by atoms with Crippen molar-refractivity contribution in [3.05, 3.63) is 0 Å². The number of carbonyl (C=O) groups excluding carboxylic acids is 1. The van der Waals surface area contributed by atoms with E-state index in [9.17, 15) is 4.79 Å². The summed E-state index contributed by atoms with van der Waals surface area (Å²) in [6.45, 7) is 3.20. The lowest BCUT2D eigenvalue weighted by Gasteiger charge is -2.30. The first kappa shape index (κ1) is 18.1. The van der Waals surface area contributed by atoms with Gasteiger partial charge in [-0.25, -0.2) is 4.99 Å². The highest BCUT2D eigenvalue weighted by Crippen LogP contribution is 2.26. The summed E-state index contributed by atoms with van der Waals surface area (Å²) in [5, 5.41) is 7.55. The van der Waals surface area contributed by atoms with Gasteiger partial charge in [-0.05, 0) is 31.9 Å². The molecule has 2 atom stereocenters. The third-order valence-corrected chi connectivity index (χ3v) is 4.81. The number of carbonyl (C=O) groups is 1. The SMILES string of the molecule is CCCNC(=NCC(=O)N(C)C)NC1CCCC(SC)C1. The van der Waals surface area contributed by atoms with Crippen LogP contribution in [0.5, 0.6) is 0 Å². The number of guanidine groups is 1. The lowest BCUT2D eigenvalue weighted by molar-refractivity contribution is -0.127. The summed E-state index contributed by atoms with van der Waals surface area (Å²) in [5.41, 5.74) is 0. The fraction of sp³-hybridized carbons (Fsp3) is 0.867. The van der Waals surface area contributed by atoms with E-state index in [1.165, 1.54) is 25.7 Å². The standard InChI is InChI=1S/C15H30N4OS/c1-5-9-16-15(17-11-14(20)19(2)3)18-12-7-6-8-13(10-12)21-4/h12-13H,5-11H2,1-4H3,(H2,16,17,18). The number of amides is 1. The largest absolute Gasteiger partial charge is 0.356 e. The molecule has 6 heteroatoms. The fourth-order valence-corrected chi connectivity index (χ4v) is 3.19. The summed E-state index contributed by atoms with van der Waals surface area (Å²) in [5.74, 6) is 0.803. The van der Waals surface area contributed by atoms with Gasteiger partial charge < -0.3 is 15.5 Å². The summed E-state index contributed by atoms with van der Waals surface area (Å²) in [6.07, 6.45) is 8.17. The Labute approximate surface area is 133 Å². The van der Waals surface area contributed by atoms with E-state index in [1.54, 1.807) is 19.0 Å². The van der Waals surface area contributed by atoms with Crippen molar-refractivity contribution in [3.8, 4) is 0 Å². The Hall–Kier alpha value is -0.910. The number of hydrogen-bond acceptors (Lipinski definition) is 3. The molecule has 0 bridgehead atoms. The zero-order valence-corrected chi connectivity index (χ0v) is 14.6.